The van der Waals surface area contributed by atoms with Gasteiger partial charge in [0.2, 0.25) is 0 Å². The third-order valence-electron chi connectivity index (χ3n) is 1.89. The summed E-state index contributed by atoms with van der Waals surface area (Å²) in [4.78, 5) is 4.66. The van der Waals surface area contributed by atoms with Gasteiger partial charge in [0, 0.05) is 6.54 Å². The van der Waals surface area contributed by atoms with Crippen LogP contribution >= 0.6 is 0 Å². The summed E-state index contributed by atoms with van der Waals surface area (Å²) >= 11 is 0. The van der Waals surface area contributed by atoms with Gasteiger partial charge in [-0.3, -0.25) is 0 Å². The molecule has 0 aliphatic rings. The van der Waals surface area contributed by atoms with Crippen LogP contribution in [0.5, 0.6) is 0 Å². The zero-order valence-electron chi connectivity index (χ0n) is 10.2. The molecule has 0 aromatic heterocycles. The molecule has 13 heavy (non-hydrogen) atoms. The van der Waals surface area contributed by atoms with Gasteiger partial charge in [-0.25, -0.2) is 0 Å². The Morgan fingerprint density at radius 1 is 0.923 bits per heavy atom. The first-order valence-corrected chi connectivity index (χ1v) is 5.14. The van der Waals surface area contributed by atoms with Gasteiger partial charge in [-0.2, -0.15) is 0 Å². The predicted molar refractivity (Wildman–Crippen MR) is 60.1 cm³/mol. The largest absolute Gasteiger partial charge is 0.309 e. The minimum absolute atomic E-state index is 0.423. The second-order valence-electron chi connectivity index (χ2n) is 5.46. The molecule has 0 aliphatic heterocycles. The quantitative estimate of drug-likeness (QED) is 0.647. The van der Waals surface area contributed by atoms with E-state index in [1.54, 1.807) is 0 Å². The summed E-state index contributed by atoms with van der Waals surface area (Å²) in [6.07, 6.45) is 1.26. The highest BCUT2D eigenvalue weighted by Gasteiger charge is 2.12. The lowest BCUT2D eigenvalue weighted by Gasteiger charge is -2.26. The van der Waals surface area contributed by atoms with E-state index in [9.17, 15) is 0 Å². The average molecular weight is 186 g/mol. The molecular formula is C11H26N2. The summed E-state index contributed by atoms with van der Waals surface area (Å²) in [5.74, 6) is 0. The number of rotatable bonds is 5. The molecule has 0 aromatic carbocycles. The summed E-state index contributed by atoms with van der Waals surface area (Å²) in [7, 11) is 6.47. The van der Waals surface area contributed by atoms with Crippen molar-refractivity contribution >= 4 is 0 Å². The molecule has 0 fully saturated rings. The zero-order valence-corrected chi connectivity index (χ0v) is 10.2. The summed E-state index contributed by atoms with van der Waals surface area (Å²) in [6.45, 7) is 10.4. The van der Waals surface area contributed by atoms with E-state index in [1.165, 1.54) is 26.1 Å². The molecule has 0 rings (SSSR count). The van der Waals surface area contributed by atoms with Crippen molar-refractivity contribution in [3.05, 3.63) is 0 Å². The molecule has 0 amide bonds. The van der Waals surface area contributed by atoms with Gasteiger partial charge in [-0.15, -0.1) is 0 Å². The second-order valence-corrected chi connectivity index (χ2v) is 5.46. The Bertz CT molecular complexity index is 125. The first kappa shape index (κ1) is 12.9. The van der Waals surface area contributed by atoms with E-state index in [2.05, 4.69) is 51.7 Å². The maximum Gasteiger partial charge on any atom is 0.00270 e. The molecule has 0 bridgehead atoms. The van der Waals surface area contributed by atoms with Gasteiger partial charge in [-0.05, 0) is 46.1 Å². The Hall–Kier alpha value is -0.0800. The average Bonchev–Trinajstić information content (AvgIpc) is 1.81. The molecule has 0 saturated carbocycles. The highest BCUT2D eigenvalue weighted by Crippen LogP contribution is 2.13. The van der Waals surface area contributed by atoms with E-state index >= 15 is 0 Å². The van der Waals surface area contributed by atoms with Crippen molar-refractivity contribution < 1.29 is 0 Å². The van der Waals surface area contributed by atoms with Gasteiger partial charge in [0.1, 0.15) is 0 Å². The molecule has 2 nitrogen and oxygen atoms in total. The van der Waals surface area contributed by atoms with Crippen LogP contribution in [0, 0.1) is 5.41 Å². The minimum Gasteiger partial charge on any atom is -0.309 e. The maximum atomic E-state index is 2.42. The maximum absolute atomic E-state index is 2.42. The van der Waals surface area contributed by atoms with Crippen LogP contribution in [0.4, 0.5) is 0 Å². The molecule has 0 radical (unpaired) electrons. The molecule has 0 saturated heterocycles. The smallest absolute Gasteiger partial charge is 0.00270 e. The molecule has 0 N–H and O–H groups in total. The summed E-state index contributed by atoms with van der Waals surface area (Å²) in [5, 5.41) is 0. The van der Waals surface area contributed by atoms with Crippen molar-refractivity contribution in [1.82, 2.24) is 9.80 Å². The van der Waals surface area contributed by atoms with E-state index in [0.717, 1.165) is 0 Å². The van der Waals surface area contributed by atoms with Gasteiger partial charge in [0.05, 0.1) is 0 Å². The Balaban J connectivity index is 3.46. The Morgan fingerprint density at radius 3 is 1.85 bits per heavy atom. The molecule has 0 atom stereocenters. The molecule has 80 valence electrons. The van der Waals surface area contributed by atoms with Crippen molar-refractivity contribution in [2.45, 2.75) is 27.2 Å². The molecule has 0 aromatic rings. The number of nitrogens with zero attached hydrogens (tertiary/aromatic N) is 2. The summed E-state index contributed by atoms with van der Waals surface area (Å²) in [6, 6.07) is 0. The lowest BCUT2D eigenvalue weighted by molar-refractivity contribution is 0.218. The van der Waals surface area contributed by atoms with E-state index < -0.39 is 0 Å². The van der Waals surface area contributed by atoms with Crippen LogP contribution in [0.2, 0.25) is 0 Å². The third kappa shape index (κ3) is 9.84. The monoisotopic (exact) mass is 186 g/mol. The summed E-state index contributed by atoms with van der Waals surface area (Å²) in [5.41, 5.74) is 0.423. The fourth-order valence-corrected chi connectivity index (χ4v) is 1.55. The number of hydrogen-bond donors (Lipinski definition) is 0. The topological polar surface area (TPSA) is 6.48 Å². The fraction of sp³-hybridized carbons (Fsp3) is 1.00. The van der Waals surface area contributed by atoms with Crippen molar-refractivity contribution in [2.75, 3.05) is 40.8 Å². The van der Waals surface area contributed by atoms with E-state index in [0.29, 0.717) is 5.41 Å². The van der Waals surface area contributed by atoms with Crippen LogP contribution in [0.15, 0.2) is 0 Å². The Morgan fingerprint density at radius 2 is 1.46 bits per heavy atom. The highest BCUT2D eigenvalue weighted by molar-refractivity contribution is 4.66. The Labute approximate surface area is 83.9 Å². The van der Waals surface area contributed by atoms with Crippen molar-refractivity contribution in [3.8, 4) is 0 Å². The number of hydrogen-bond acceptors (Lipinski definition) is 2. The van der Waals surface area contributed by atoms with Crippen LogP contribution in [0.25, 0.3) is 0 Å². The van der Waals surface area contributed by atoms with Crippen molar-refractivity contribution in [3.63, 3.8) is 0 Å². The van der Waals surface area contributed by atoms with Gasteiger partial charge in [-0.1, -0.05) is 20.8 Å². The molecule has 0 unspecified atom stereocenters. The molecular weight excluding hydrogens is 160 g/mol. The van der Waals surface area contributed by atoms with E-state index in [4.69, 9.17) is 0 Å². The molecule has 0 spiro atoms. The Kier molecular flexibility index (Phi) is 5.57. The standard InChI is InChI=1S/C11H26N2/c1-11(2,3)10-13(6)9-7-8-12(4)5/h7-10H2,1-6H3. The van der Waals surface area contributed by atoms with Crippen molar-refractivity contribution in [1.29, 1.82) is 0 Å². The normalized spacial score (nSPS) is 12.9. The SMILES string of the molecule is CN(C)CCCN(C)CC(C)(C)C. The molecule has 0 aliphatic carbocycles. The summed E-state index contributed by atoms with van der Waals surface area (Å²) < 4.78 is 0. The zero-order chi connectivity index (χ0) is 10.5. The van der Waals surface area contributed by atoms with Crippen LogP contribution in [-0.4, -0.2) is 50.6 Å². The van der Waals surface area contributed by atoms with Gasteiger partial charge < -0.3 is 9.80 Å². The van der Waals surface area contributed by atoms with Crippen molar-refractivity contribution in [2.24, 2.45) is 5.41 Å². The second kappa shape index (κ2) is 5.61. The predicted octanol–water partition coefficient (Wildman–Crippen LogP) is 1.92. The van der Waals surface area contributed by atoms with E-state index in [1.807, 2.05) is 0 Å². The van der Waals surface area contributed by atoms with Gasteiger partial charge in [0.15, 0.2) is 0 Å². The lowest BCUT2D eigenvalue weighted by Crippen LogP contribution is -2.31. The highest BCUT2D eigenvalue weighted by atomic mass is 15.1. The first-order chi connectivity index (χ1) is 5.81. The molecule has 0 heterocycles. The van der Waals surface area contributed by atoms with E-state index in [-0.39, 0.29) is 0 Å². The molecule has 2 heteroatoms. The first-order valence-electron chi connectivity index (χ1n) is 5.14. The fourth-order valence-electron chi connectivity index (χ4n) is 1.55. The minimum atomic E-state index is 0.423. The lowest BCUT2D eigenvalue weighted by atomic mass is 9.96. The third-order valence-corrected chi connectivity index (χ3v) is 1.89. The van der Waals surface area contributed by atoms with Gasteiger partial charge in [0.25, 0.3) is 0 Å². The van der Waals surface area contributed by atoms with Gasteiger partial charge >= 0.3 is 0 Å². The van der Waals surface area contributed by atoms with Crippen LogP contribution in [0.3, 0.4) is 0 Å². The van der Waals surface area contributed by atoms with Crippen LogP contribution < -0.4 is 0 Å². The van der Waals surface area contributed by atoms with Crippen LogP contribution in [-0.2, 0) is 0 Å². The van der Waals surface area contributed by atoms with Crippen LogP contribution in [0.1, 0.15) is 27.2 Å².